The van der Waals surface area contributed by atoms with Crippen molar-refractivity contribution in [3.05, 3.63) is 22.7 Å². The van der Waals surface area contributed by atoms with E-state index in [0.717, 1.165) is 12.8 Å². The summed E-state index contributed by atoms with van der Waals surface area (Å²) in [4.78, 5) is 0.282. The third kappa shape index (κ3) is 3.54. The average molecular weight is 361 g/mol. The Kier molecular flexibility index (Phi) is 5.09. The van der Waals surface area contributed by atoms with E-state index in [-0.39, 0.29) is 4.90 Å². The normalized spacial score (nSPS) is 17.6. The number of benzene rings is 1. The summed E-state index contributed by atoms with van der Waals surface area (Å²) in [5, 5.41) is 0. The van der Waals surface area contributed by atoms with Crippen molar-refractivity contribution in [2.45, 2.75) is 37.0 Å². The van der Waals surface area contributed by atoms with Crippen molar-refractivity contribution in [2.24, 2.45) is 5.92 Å². The predicted molar refractivity (Wildman–Crippen MR) is 84.9 cm³/mol. The van der Waals surface area contributed by atoms with Gasteiger partial charge in [0.1, 0.15) is 0 Å². The van der Waals surface area contributed by atoms with Crippen molar-refractivity contribution < 1.29 is 8.42 Å². The molecule has 0 amide bonds. The maximum atomic E-state index is 12.6. The van der Waals surface area contributed by atoms with Crippen molar-refractivity contribution in [3.8, 4) is 0 Å². The van der Waals surface area contributed by atoms with Gasteiger partial charge in [0, 0.05) is 23.8 Å². The molecule has 2 N–H and O–H groups in total. The van der Waals surface area contributed by atoms with Crippen LogP contribution in [0.5, 0.6) is 0 Å². The smallest absolute Gasteiger partial charge is 0.243 e. The minimum absolute atomic E-state index is 0.282. The number of nitrogen functional groups attached to an aromatic ring is 1. The zero-order chi connectivity index (χ0) is 14.8. The maximum absolute atomic E-state index is 12.6. The topological polar surface area (TPSA) is 63.4 Å². The van der Waals surface area contributed by atoms with E-state index in [0.29, 0.717) is 22.6 Å². The fourth-order valence-electron chi connectivity index (χ4n) is 2.73. The highest BCUT2D eigenvalue weighted by molar-refractivity contribution is 9.10. The molecule has 6 heteroatoms. The minimum Gasteiger partial charge on any atom is -0.399 e. The van der Waals surface area contributed by atoms with Crippen LogP contribution in [0.1, 0.15) is 32.1 Å². The lowest BCUT2D eigenvalue weighted by Crippen LogP contribution is -2.32. The first-order chi connectivity index (χ1) is 9.41. The van der Waals surface area contributed by atoms with Gasteiger partial charge in [-0.3, -0.25) is 0 Å². The maximum Gasteiger partial charge on any atom is 0.243 e. The molecule has 20 heavy (non-hydrogen) atoms. The van der Waals surface area contributed by atoms with Crippen molar-refractivity contribution in [2.75, 3.05) is 19.3 Å². The van der Waals surface area contributed by atoms with Crippen LogP contribution in [0, 0.1) is 5.92 Å². The quantitative estimate of drug-likeness (QED) is 0.838. The summed E-state index contributed by atoms with van der Waals surface area (Å²) < 4.78 is 27.2. The Bertz CT molecular complexity index is 569. The molecule has 0 atom stereocenters. The average Bonchev–Trinajstić information content (AvgIpc) is 2.39. The lowest BCUT2D eigenvalue weighted by molar-refractivity contribution is 0.300. The molecule has 0 radical (unpaired) electrons. The van der Waals surface area contributed by atoms with Gasteiger partial charge in [-0.05, 0) is 52.9 Å². The number of anilines is 1. The summed E-state index contributed by atoms with van der Waals surface area (Å²) in [7, 11) is -1.80. The molecule has 1 fully saturated rings. The Morgan fingerprint density at radius 2 is 1.95 bits per heavy atom. The summed E-state index contributed by atoms with van der Waals surface area (Å²) in [5.74, 6) is 0.482. The Morgan fingerprint density at radius 3 is 2.55 bits per heavy atom. The van der Waals surface area contributed by atoms with Crippen LogP contribution in [0.15, 0.2) is 27.6 Å². The van der Waals surface area contributed by atoms with Crippen LogP contribution in [-0.4, -0.2) is 26.3 Å². The van der Waals surface area contributed by atoms with Gasteiger partial charge >= 0.3 is 0 Å². The number of sulfonamides is 1. The molecule has 2 rings (SSSR count). The zero-order valence-electron chi connectivity index (χ0n) is 11.7. The molecular weight excluding hydrogens is 340 g/mol. The predicted octanol–water partition coefficient (Wildman–Crippen LogP) is 3.23. The first kappa shape index (κ1) is 15.8. The van der Waals surface area contributed by atoms with Crippen molar-refractivity contribution in [3.63, 3.8) is 0 Å². The van der Waals surface area contributed by atoms with E-state index in [1.54, 1.807) is 25.2 Å². The van der Waals surface area contributed by atoms with Crippen LogP contribution in [0.3, 0.4) is 0 Å². The fourth-order valence-corrected chi connectivity index (χ4v) is 5.02. The van der Waals surface area contributed by atoms with Crippen LogP contribution < -0.4 is 5.73 Å². The van der Waals surface area contributed by atoms with Gasteiger partial charge in [-0.2, -0.15) is 0 Å². The Balaban J connectivity index is 2.16. The third-order valence-electron chi connectivity index (χ3n) is 3.88. The number of nitrogens with zero attached hydrogens (tertiary/aromatic N) is 1. The second kappa shape index (κ2) is 6.45. The van der Waals surface area contributed by atoms with Gasteiger partial charge in [-0.15, -0.1) is 0 Å². The van der Waals surface area contributed by atoms with E-state index >= 15 is 0 Å². The zero-order valence-corrected chi connectivity index (χ0v) is 14.1. The molecule has 0 heterocycles. The molecule has 1 aliphatic rings. The number of rotatable bonds is 4. The SMILES string of the molecule is CN(CC1CCCCC1)S(=O)(=O)c1ccc(N)cc1Br. The molecule has 0 spiro atoms. The second-order valence-corrected chi connectivity index (χ2v) is 8.35. The molecule has 0 bridgehead atoms. The first-order valence-electron chi connectivity index (χ1n) is 6.92. The molecule has 4 nitrogen and oxygen atoms in total. The minimum atomic E-state index is -3.45. The van der Waals surface area contributed by atoms with Gasteiger partial charge in [0.15, 0.2) is 0 Å². The van der Waals surface area contributed by atoms with Crippen LogP contribution in [0.4, 0.5) is 5.69 Å². The summed E-state index contributed by atoms with van der Waals surface area (Å²) in [6.07, 6.45) is 5.95. The number of nitrogens with two attached hydrogens (primary N) is 1. The Morgan fingerprint density at radius 1 is 1.30 bits per heavy atom. The molecule has 1 aliphatic carbocycles. The van der Waals surface area contributed by atoms with E-state index in [1.165, 1.54) is 23.6 Å². The summed E-state index contributed by atoms with van der Waals surface area (Å²) in [5.41, 5.74) is 6.20. The van der Waals surface area contributed by atoms with Gasteiger partial charge in [-0.1, -0.05) is 19.3 Å². The number of hydrogen-bond acceptors (Lipinski definition) is 3. The second-order valence-electron chi connectivity index (χ2n) is 5.48. The lowest BCUT2D eigenvalue weighted by atomic mass is 9.89. The molecule has 1 aromatic carbocycles. The fraction of sp³-hybridized carbons (Fsp3) is 0.571. The molecule has 0 aliphatic heterocycles. The van der Waals surface area contributed by atoms with Crippen molar-refractivity contribution >= 4 is 31.6 Å². The van der Waals surface area contributed by atoms with Gasteiger partial charge in [-0.25, -0.2) is 12.7 Å². The van der Waals surface area contributed by atoms with Crippen LogP contribution in [0.2, 0.25) is 0 Å². The van der Waals surface area contributed by atoms with Crippen LogP contribution in [-0.2, 0) is 10.0 Å². The van der Waals surface area contributed by atoms with Crippen molar-refractivity contribution in [1.29, 1.82) is 0 Å². The molecule has 0 aromatic heterocycles. The Labute approximate surface area is 129 Å². The van der Waals surface area contributed by atoms with E-state index in [1.807, 2.05) is 0 Å². The van der Waals surface area contributed by atoms with Crippen LogP contribution in [0.25, 0.3) is 0 Å². The van der Waals surface area contributed by atoms with Gasteiger partial charge in [0.25, 0.3) is 0 Å². The van der Waals surface area contributed by atoms with Gasteiger partial charge in [0.2, 0.25) is 10.0 Å². The number of halogens is 1. The first-order valence-corrected chi connectivity index (χ1v) is 9.16. The third-order valence-corrected chi connectivity index (χ3v) is 6.68. The highest BCUT2D eigenvalue weighted by Gasteiger charge is 2.26. The van der Waals surface area contributed by atoms with E-state index in [2.05, 4.69) is 15.9 Å². The number of hydrogen-bond donors (Lipinski definition) is 1. The Hall–Kier alpha value is -0.590. The standard InChI is InChI=1S/C14H21BrN2O2S/c1-17(10-11-5-3-2-4-6-11)20(18,19)14-8-7-12(16)9-13(14)15/h7-9,11H,2-6,10,16H2,1H3. The monoisotopic (exact) mass is 360 g/mol. The molecule has 0 saturated heterocycles. The lowest BCUT2D eigenvalue weighted by Gasteiger charge is -2.26. The highest BCUT2D eigenvalue weighted by atomic mass is 79.9. The van der Waals surface area contributed by atoms with E-state index < -0.39 is 10.0 Å². The summed E-state index contributed by atoms with van der Waals surface area (Å²) in [6.45, 7) is 0.596. The van der Waals surface area contributed by atoms with Gasteiger partial charge in [0.05, 0.1) is 4.90 Å². The largest absolute Gasteiger partial charge is 0.399 e. The van der Waals surface area contributed by atoms with Crippen LogP contribution >= 0.6 is 15.9 Å². The summed E-state index contributed by atoms with van der Waals surface area (Å²) >= 11 is 3.29. The van der Waals surface area contributed by atoms with Crippen molar-refractivity contribution in [1.82, 2.24) is 4.31 Å². The van der Waals surface area contributed by atoms with Gasteiger partial charge < -0.3 is 5.73 Å². The molecular formula is C14H21BrN2O2S. The molecule has 0 unspecified atom stereocenters. The van der Waals surface area contributed by atoms with E-state index in [4.69, 9.17) is 5.73 Å². The molecule has 112 valence electrons. The molecule has 1 saturated carbocycles. The highest BCUT2D eigenvalue weighted by Crippen LogP contribution is 2.29. The molecule has 1 aromatic rings. The van der Waals surface area contributed by atoms with E-state index in [9.17, 15) is 8.42 Å². The summed E-state index contributed by atoms with van der Waals surface area (Å²) in [6, 6.07) is 4.81.